The summed E-state index contributed by atoms with van der Waals surface area (Å²) in [6.07, 6.45) is 0. The topological polar surface area (TPSA) is 58.0 Å². The first-order valence-electron chi connectivity index (χ1n) is 6.74. The number of hydrogen-bond donors (Lipinski definition) is 2. The van der Waals surface area contributed by atoms with Gasteiger partial charge in [0, 0.05) is 5.02 Å². The second kappa shape index (κ2) is 5.67. The van der Waals surface area contributed by atoms with Crippen LogP contribution in [0, 0.1) is 18.6 Å². The van der Waals surface area contributed by atoms with Crippen molar-refractivity contribution in [1.29, 1.82) is 0 Å². The Hall–Kier alpha value is -1.82. The Labute approximate surface area is 146 Å². The van der Waals surface area contributed by atoms with Gasteiger partial charge in [-0.1, -0.05) is 23.2 Å². The van der Waals surface area contributed by atoms with Crippen molar-refractivity contribution in [3.05, 3.63) is 60.6 Å². The molecule has 0 saturated carbocycles. The molecule has 3 aromatic rings. The van der Waals surface area contributed by atoms with E-state index in [1.165, 1.54) is 10.6 Å². The second-order valence-corrected chi connectivity index (χ2v) is 6.51. The average molecular weight is 367 g/mol. The number of aromatic amines is 1. The number of benzene rings is 2. The van der Waals surface area contributed by atoms with Gasteiger partial charge in [0.2, 0.25) is 0 Å². The number of aromatic nitrogens is 2. The Morgan fingerprint density at radius 1 is 1.09 bits per heavy atom. The van der Waals surface area contributed by atoms with E-state index >= 15 is 0 Å². The molecule has 4 nitrogen and oxygen atoms in total. The van der Waals surface area contributed by atoms with Crippen LogP contribution in [-0.4, -0.2) is 14.7 Å². The number of aryl methyl sites for hydroxylation is 2. The lowest BCUT2D eigenvalue weighted by molar-refractivity contribution is 0.472. The first-order chi connectivity index (χ1) is 10.8. The van der Waals surface area contributed by atoms with E-state index in [1.807, 2.05) is 6.92 Å². The Kier molecular flexibility index (Phi) is 3.96. The van der Waals surface area contributed by atoms with E-state index in [0.717, 1.165) is 5.56 Å². The molecule has 2 N–H and O–H groups in total. The molecular weight excluding hydrogens is 355 g/mol. The van der Waals surface area contributed by atoms with Crippen molar-refractivity contribution in [3.63, 3.8) is 0 Å². The van der Waals surface area contributed by atoms with Gasteiger partial charge in [0.1, 0.15) is 5.75 Å². The van der Waals surface area contributed by atoms with Crippen molar-refractivity contribution in [2.24, 2.45) is 0 Å². The van der Waals surface area contributed by atoms with Gasteiger partial charge in [0.15, 0.2) is 4.77 Å². The largest absolute Gasteiger partial charge is 0.508 e. The summed E-state index contributed by atoms with van der Waals surface area (Å²) < 4.78 is 1.52. The van der Waals surface area contributed by atoms with Crippen LogP contribution in [-0.2, 0) is 0 Å². The maximum Gasteiger partial charge on any atom is 0.266 e. The molecule has 1 heterocycles. The number of nitrogens with one attached hydrogen (secondary N) is 1. The zero-order chi connectivity index (χ0) is 16.9. The molecule has 7 heteroatoms. The summed E-state index contributed by atoms with van der Waals surface area (Å²) in [6, 6.07) is 6.38. The number of halogens is 2. The molecule has 0 aliphatic heterocycles. The van der Waals surface area contributed by atoms with Gasteiger partial charge in [-0.2, -0.15) is 0 Å². The fraction of sp³-hybridized carbons (Fsp3) is 0.125. The Balaban J connectivity index is 2.44. The zero-order valence-corrected chi connectivity index (χ0v) is 14.6. The molecule has 1 aromatic heterocycles. The van der Waals surface area contributed by atoms with Crippen molar-refractivity contribution >= 4 is 46.3 Å². The Bertz CT molecular complexity index is 1070. The smallest absolute Gasteiger partial charge is 0.266 e. The van der Waals surface area contributed by atoms with E-state index < -0.39 is 0 Å². The fourth-order valence-electron chi connectivity index (χ4n) is 2.39. The summed E-state index contributed by atoms with van der Waals surface area (Å²) in [5.74, 6) is 0.0463. The summed E-state index contributed by atoms with van der Waals surface area (Å²) in [5.41, 5.74) is 2.08. The van der Waals surface area contributed by atoms with Gasteiger partial charge >= 0.3 is 0 Å². The van der Waals surface area contributed by atoms with Crippen LogP contribution in [0.3, 0.4) is 0 Å². The van der Waals surface area contributed by atoms with Gasteiger partial charge in [-0.15, -0.1) is 0 Å². The van der Waals surface area contributed by atoms with Crippen molar-refractivity contribution in [2.75, 3.05) is 0 Å². The van der Waals surface area contributed by atoms with Gasteiger partial charge in [-0.25, -0.2) is 0 Å². The van der Waals surface area contributed by atoms with E-state index in [0.29, 0.717) is 32.2 Å². The molecule has 0 aliphatic carbocycles. The minimum absolute atomic E-state index is 0.0463. The minimum atomic E-state index is -0.359. The zero-order valence-electron chi connectivity index (χ0n) is 12.3. The highest BCUT2D eigenvalue weighted by molar-refractivity contribution is 7.71. The van der Waals surface area contributed by atoms with Crippen LogP contribution >= 0.6 is 35.4 Å². The van der Waals surface area contributed by atoms with Crippen molar-refractivity contribution in [3.8, 4) is 11.4 Å². The quantitative estimate of drug-likeness (QED) is 0.614. The molecule has 0 unspecified atom stereocenters. The van der Waals surface area contributed by atoms with Crippen LogP contribution in [0.2, 0.25) is 10.0 Å². The first kappa shape index (κ1) is 16.1. The number of hydrogen-bond acceptors (Lipinski definition) is 3. The van der Waals surface area contributed by atoms with Crippen molar-refractivity contribution < 1.29 is 5.11 Å². The summed E-state index contributed by atoms with van der Waals surface area (Å²) in [4.78, 5) is 15.8. The predicted molar refractivity (Wildman–Crippen MR) is 95.9 cm³/mol. The maximum atomic E-state index is 12.8. The molecule has 0 bridgehead atoms. The second-order valence-electron chi connectivity index (χ2n) is 5.31. The first-order valence-corrected chi connectivity index (χ1v) is 7.90. The van der Waals surface area contributed by atoms with E-state index in [9.17, 15) is 9.90 Å². The lowest BCUT2D eigenvalue weighted by Gasteiger charge is -2.12. The molecule has 3 rings (SSSR count). The Morgan fingerprint density at radius 3 is 2.48 bits per heavy atom. The molecule has 0 aliphatic rings. The van der Waals surface area contributed by atoms with Gasteiger partial charge in [0.05, 0.1) is 21.6 Å². The van der Waals surface area contributed by atoms with Crippen LogP contribution in [0.15, 0.2) is 29.1 Å². The number of rotatable bonds is 1. The monoisotopic (exact) mass is 366 g/mol. The standard InChI is InChI=1S/C16H12Cl2N2O2S/c1-7-4-13(11(18)6-10(7)17)20-15(22)9-5-14(21)8(2)3-12(9)19-16(20)23/h3-6,21H,1-2H3,(H,19,23). The van der Waals surface area contributed by atoms with Gasteiger partial charge in [-0.3, -0.25) is 9.36 Å². The lowest BCUT2D eigenvalue weighted by Crippen LogP contribution is -2.21. The summed E-state index contributed by atoms with van der Waals surface area (Å²) in [5, 5.41) is 11.0. The Morgan fingerprint density at radius 2 is 1.78 bits per heavy atom. The highest BCUT2D eigenvalue weighted by Crippen LogP contribution is 2.28. The van der Waals surface area contributed by atoms with Crippen LogP contribution in [0.5, 0.6) is 5.75 Å². The highest BCUT2D eigenvalue weighted by Gasteiger charge is 2.13. The normalized spacial score (nSPS) is 11.1. The third kappa shape index (κ3) is 2.65. The predicted octanol–water partition coefficient (Wildman–Crippen LogP) is 4.68. The van der Waals surface area contributed by atoms with Gasteiger partial charge < -0.3 is 10.1 Å². The van der Waals surface area contributed by atoms with E-state index in [1.54, 1.807) is 25.1 Å². The van der Waals surface area contributed by atoms with E-state index in [2.05, 4.69) is 4.98 Å². The van der Waals surface area contributed by atoms with E-state index in [4.69, 9.17) is 35.4 Å². The third-order valence-electron chi connectivity index (χ3n) is 3.68. The number of phenols is 1. The summed E-state index contributed by atoms with van der Waals surface area (Å²) >= 11 is 17.6. The molecule has 0 fully saturated rings. The molecule has 118 valence electrons. The van der Waals surface area contributed by atoms with Crippen LogP contribution < -0.4 is 5.56 Å². The van der Waals surface area contributed by atoms with Crippen LogP contribution in [0.1, 0.15) is 11.1 Å². The molecule has 0 radical (unpaired) electrons. The molecule has 0 amide bonds. The highest BCUT2D eigenvalue weighted by atomic mass is 35.5. The fourth-order valence-corrected chi connectivity index (χ4v) is 3.15. The molecular formula is C16H12Cl2N2O2S. The van der Waals surface area contributed by atoms with Crippen LogP contribution in [0.4, 0.5) is 0 Å². The molecule has 0 atom stereocenters. The number of fused-ring (bicyclic) bond motifs is 1. The van der Waals surface area contributed by atoms with Gasteiger partial charge in [-0.05, 0) is 61.5 Å². The molecule has 23 heavy (non-hydrogen) atoms. The molecule has 0 saturated heterocycles. The minimum Gasteiger partial charge on any atom is -0.508 e. The van der Waals surface area contributed by atoms with Crippen LogP contribution in [0.25, 0.3) is 16.6 Å². The maximum absolute atomic E-state index is 12.8. The van der Waals surface area contributed by atoms with Crippen molar-refractivity contribution in [2.45, 2.75) is 13.8 Å². The number of H-pyrrole nitrogens is 1. The SMILES string of the molecule is Cc1cc2[nH]c(=S)n(-c3cc(C)c(Cl)cc3Cl)c(=O)c2cc1O. The van der Waals surface area contributed by atoms with Gasteiger partial charge in [0.25, 0.3) is 5.56 Å². The molecule has 2 aromatic carbocycles. The summed E-state index contributed by atoms with van der Waals surface area (Å²) in [7, 11) is 0. The number of nitrogens with zero attached hydrogens (tertiary/aromatic N) is 1. The number of phenolic OH excluding ortho intramolecular Hbond substituents is 1. The third-order valence-corrected chi connectivity index (χ3v) is 4.68. The average Bonchev–Trinajstić information content (AvgIpc) is 2.47. The van der Waals surface area contributed by atoms with E-state index in [-0.39, 0.29) is 16.1 Å². The lowest BCUT2D eigenvalue weighted by atomic mass is 10.1. The number of aromatic hydroxyl groups is 1. The molecule has 0 spiro atoms. The summed E-state index contributed by atoms with van der Waals surface area (Å²) in [6.45, 7) is 3.56. The van der Waals surface area contributed by atoms with Crippen molar-refractivity contribution in [1.82, 2.24) is 9.55 Å².